The van der Waals surface area contributed by atoms with E-state index in [-0.39, 0.29) is 5.13 Å². The second-order valence-corrected chi connectivity index (χ2v) is 4.04. The molecule has 1 rings (SSSR count). The highest BCUT2D eigenvalue weighted by Gasteiger charge is 2.63. The van der Waals surface area contributed by atoms with Crippen molar-refractivity contribution in [3.63, 3.8) is 0 Å². The molecule has 3 nitrogen and oxygen atoms in total. The van der Waals surface area contributed by atoms with E-state index in [1.807, 2.05) is 0 Å². The topological polar surface area (TPSA) is 42.0 Å². The van der Waals surface area contributed by atoms with Gasteiger partial charge in [-0.3, -0.25) is 10.1 Å². The molecule has 90 valence electrons. The van der Waals surface area contributed by atoms with Gasteiger partial charge in [0.2, 0.25) is 0 Å². The molecule has 1 heterocycles. The SMILES string of the molecule is Cc1cnc(NC(=O)C(F)(F)C(F)(F)F)s1. The van der Waals surface area contributed by atoms with Crippen molar-refractivity contribution in [1.82, 2.24) is 4.98 Å². The van der Waals surface area contributed by atoms with Gasteiger partial charge in [0.25, 0.3) is 0 Å². The molecule has 0 saturated heterocycles. The van der Waals surface area contributed by atoms with Crippen LogP contribution in [0.25, 0.3) is 0 Å². The lowest BCUT2D eigenvalue weighted by atomic mass is 10.3. The Hall–Kier alpha value is -1.25. The Morgan fingerprint density at radius 2 is 1.94 bits per heavy atom. The first-order valence-electron chi connectivity index (χ1n) is 3.83. The van der Waals surface area contributed by atoms with Crippen molar-refractivity contribution in [3.8, 4) is 0 Å². The van der Waals surface area contributed by atoms with Crippen LogP contribution in [0.5, 0.6) is 0 Å². The summed E-state index contributed by atoms with van der Waals surface area (Å²) in [6, 6.07) is 0. The van der Waals surface area contributed by atoms with E-state index in [1.54, 1.807) is 6.92 Å². The molecule has 0 spiro atoms. The predicted octanol–water partition coefficient (Wildman–Crippen LogP) is 2.59. The molecule has 1 amide bonds. The van der Waals surface area contributed by atoms with Gasteiger partial charge in [0, 0.05) is 11.1 Å². The summed E-state index contributed by atoms with van der Waals surface area (Å²) in [7, 11) is 0. The molecule has 0 aliphatic carbocycles. The molecule has 1 aromatic rings. The van der Waals surface area contributed by atoms with Crippen molar-refractivity contribution in [3.05, 3.63) is 11.1 Å². The zero-order valence-corrected chi connectivity index (χ0v) is 8.55. The second kappa shape index (κ2) is 3.96. The van der Waals surface area contributed by atoms with E-state index < -0.39 is 18.0 Å². The first-order valence-corrected chi connectivity index (χ1v) is 4.64. The van der Waals surface area contributed by atoms with Gasteiger partial charge in [-0.1, -0.05) is 0 Å². The molecule has 9 heteroatoms. The van der Waals surface area contributed by atoms with Gasteiger partial charge in [-0.25, -0.2) is 4.98 Å². The third-order valence-electron chi connectivity index (χ3n) is 1.48. The minimum atomic E-state index is -5.91. The third-order valence-corrected chi connectivity index (χ3v) is 2.31. The van der Waals surface area contributed by atoms with Crippen molar-refractivity contribution < 1.29 is 26.7 Å². The summed E-state index contributed by atoms with van der Waals surface area (Å²) in [5, 5.41) is 1.11. The number of rotatable bonds is 2. The Bertz CT molecular complexity index is 400. The normalized spacial score (nSPS) is 12.6. The fourth-order valence-electron chi connectivity index (χ4n) is 0.717. The van der Waals surface area contributed by atoms with E-state index in [1.165, 1.54) is 11.5 Å². The van der Waals surface area contributed by atoms with Crippen LogP contribution in [0, 0.1) is 6.92 Å². The van der Waals surface area contributed by atoms with Gasteiger partial charge in [0.05, 0.1) is 0 Å². The number of carbonyl (C=O) groups excluding carboxylic acids is 1. The minimum Gasteiger partial charge on any atom is -0.296 e. The van der Waals surface area contributed by atoms with E-state index in [0.717, 1.165) is 11.3 Å². The molecule has 0 saturated carbocycles. The summed E-state index contributed by atoms with van der Waals surface area (Å²) in [6.45, 7) is 1.56. The smallest absolute Gasteiger partial charge is 0.296 e. The number of hydrogen-bond donors (Lipinski definition) is 1. The Morgan fingerprint density at radius 3 is 2.31 bits per heavy atom. The van der Waals surface area contributed by atoms with Crippen LogP contribution in [0.4, 0.5) is 27.1 Å². The molecule has 0 aliphatic rings. The van der Waals surface area contributed by atoms with Crippen LogP contribution < -0.4 is 5.32 Å². The van der Waals surface area contributed by atoms with Crippen molar-refractivity contribution in [2.45, 2.75) is 19.0 Å². The summed E-state index contributed by atoms with van der Waals surface area (Å²) < 4.78 is 60.2. The monoisotopic (exact) mass is 260 g/mol. The fraction of sp³-hybridized carbons (Fsp3) is 0.429. The molecule has 0 fully saturated rings. The maximum atomic E-state index is 12.5. The number of alkyl halides is 5. The lowest BCUT2D eigenvalue weighted by Gasteiger charge is -2.17. The summed E-state index contributed by atoms with van der Waals surface area (Å²) in [6.07, 6.45) is -4.67. The molecular formula is C7H5F5N2OS. The molecule has 0 unspecified atom stereocenters. The van der Waals surface area contributed by atoms with Crippen LogP contribution in [0.2, 0.25) is 0 Å². The van der Waals surface area contributed by atoms with Crippen LogP contribution in [-0.2, 0) is 4.79 Å². The highest BCUT2D eigenvalue weighted by atomic mass is 32.1. The maximum absolute atomic E-state index is 12.5. The van der Waals surface area contributed by atoms with E-state index >= 15 is 0 Å². The molecular weight excluding hydrogens is 255 g/mol. The van der Waals surface area contributed by atoms with Crippen molar-refractivity contribution >= 4 is 22.4 Å². The minimum absolute atomic E-state index is 0.300. The van der Waals surface area contributed by atoms with Crippen LogP contribution in [0.3, 0.4) is 0 Å². The highest BCUT2D eigenvalue weighted by molar-refractivity contribution is 7.15. The third kappa shape index (κ3) is 2.46. The standard InChI is InChI=1S/C7H5F5N2OS/c1-3-2-13-5(16-3)14-4(15)6(8,9)7(10,11)12/h2H,1H3,(H,13,14,15). The number of hydrogen-bond acceptors (Lipinski definition) is 3. The number of nitrogens with one attached hydrogen (secondary N) is 1. The number of nitrogens with zero attached hydrogens (tertiary/aromatic N) is 1. The van der Waals surface area contributed by atoms with Crippen molar-refractivity contribution in [2.24, 2.45) is 0 Å². The summed E-state index contributed by atoms with van der Waals surface area (Å²) in [4.78, 5) is 14.7. The predicted molar refractivity (Wildman–Crippen MR) is 46.5 cm³/mol. The zero-order chi connectivity index (χ0) is 12.6. The lowest BCUT2D eigenvalue weighted by Crippen LogP contribution is -2.47. The largest absolute Gasteiger partial charge is 0.463 e. The summed E-state index contributed by atoms with van der Waals surface area (Å²) in [5.74, 6) is -7.86. The first-order chi connectivity index (χ1) is 7.14. The average molecular weight is 260 g/mol. The van der Waals surface area contributed by atoms with Crippen LogP contribution in [-0.4, -0.2) is 23.0 Å². The highest BCUT2D eigenvalue weighted by Crippen LogP contribution is 2.36. The molecule has 1 aromatic heterocycles. The van der Waals surface area contributed by atoms with Gasteiger partial charge < -0.3 is 0 Å². The van der Waals surface area contributed by atoms with Gasteiger partial charge in [-0.05, 0) is 6.92 Å². The Morgan fingerprint density at radius 1 is 1.38 bits per heavy atom. The number of halogens is 5. The summed E-state index contributed by atoms with van der Waals surface area (Å²) >= 11 is 0.799. The zero-order valence-electron chi connectivity index (χ0n) is 7.73. The van der Waals surface area contributed by atoms with E-state index in [2.05, 4.69) is 4.98 Å². The van der Waals surface area contributed by atoms with Gasteiger partial charge in [0.15, 0.2) is 5.13 Å². The number of carbonyl (C=O) groups is 1. The Balaban J connectivity index is 2.80. The van der Waals surface area contributed by atoms with Crippen LogP contribution >= 0.6 is 11.3 Å². The van der Waals surface area contributed by atoms with Gasteiger partial charge in [-0.15, -0.1) is 11.3 Å². The molecule has 0 atom stereocenters. The summed E-state index contributed by atoms with van der Waals surface area (Å²) in [5.41, 5.74) is 0. The average Bonchev–Trinajstić information content (AvgIpc) is 2.49. The molecule has 16 heavy (non-hydrogen) atoms. The van der Waals surface area contributed by atoms with Gasteiger partial charge in [-0.2, -0.15) is 22.0 Å². The fourth-order valence-corrected chi connectivity index (χ4v) is 1.38. The van der Waals surface area contributed by atoms with E-state index in [9.17, 15) is 26.7 Å². The quantitative estimate of drug-likeness (QED) is 0.830. The van der Waals surface area contributed by atoms with E-state index in [4.69, 9.17) is 0 Å². The number of amides is 1. The van der Waals surface area contributed by atoms with Crippen LogP contribution in [0.1, 0.15) is 4.88 Å². The number of anilines is 1. The molecule has 0 bridgehead atoms. The van der Waals surface area contributed by atoms with Crippen LogP contribution in [0.15, 0.2) is 6.20 Å². The Kier molecular flexibility index (Phi) is 3.17. The van der Waals surface area contributed by atoms with E-state index in [0.29, 0.717) is 4.88 Å². The first kappa shape index (κ1) is 12.8. The lowest BCUT2D eigenvalue weighted by molar-refractivity contribution is -0.267. The molecule has 1 N–H and O–H groups in total. The Labute approximate surface area is 90.3 Å². The second-order valence-electron chi connectivity index (χ2n) is 2.80. The van der Waals surface area contributed by atoms with Crippen molar-refractivity contribution in [2.75, 3.05) is 5.32 Å². The number of aryl methyl sites for hydroxylation is 1. The van der Waals surface area contributed by atoms with Crippen molar-refractivity contribution in [1.29, 1.82) is 0 Å². The molecule has 0 aliphatic heterocycles. The number of aromatic nitrogens is 1. The molecule has 0 radical (unpaired) electrons. The number of thiazole rings is 1. The maximum Gasteiger partial charge on any atom is 0.463 e. The van der Waals surface area contributed by atoms with Gasteiger partial charge in [0.1, 0.15) is 0 Å². The van der Waals surface area contributed by atoms with Gasteiger partial charge >= 0.3 is 18.0 Å². The molecule has 0 aromatic carbocycles.